The molecule has 4 nitrogen and oxygen atoms in total. The van der Waals surface area contributed by atoms with Crippen molar-refractivity contribution in [2.24, 2.45) is 11.8 Å². The maximum absolute atomic E-state index is 12.1. The van der Waals surface area contributed by atoms with Crippen molar-refractivity contribution in [3.8, 4) is 0 Å². The normalized spacial score (nSPS) is 26.9. The van der Waals surface area contributed by atoms with E-state index in [1.165, 1.54) is 11.1 Å². The summed E-state index contributed by atoms with van der Waals surface area (Å²) in [5.74, 6) is 0.728. The number of carbonyl (C=O) groups is 1. The third-order valence-electron chi connectivity index (χ3n) is 4.79. The van der Waals surface area contributed by atoms with Gasteiger partial charge < -0.3 is 15.7 Å². The fraction of sp³-hybridized carbons (Fsp3) is 0.588. The fourth-order valence-electron chi connectivity index (χ4n) is 3.45. The first-order valence-corrected chi connectivity index (χ1v) is 7.94. The molecule has 1 saturated heterocycles. The monoisotopic (exact) mass is 324 g/mol. The second-order valence-electron chi connectivity index (χ2n) is 6.37. The number of benzene rings is 1. The molecule has 1 amide bonds. The second kappa shape index (κ2) is 7.95. The van der Waals surface area contributed by atoms with Crippen LogP contribution in [0.2, 0.25) is 0 Å². The Morgan fingerprint density at radius 1 is 1.27 bits per heavy atom. The number of halogens is 1. The van der Waals surface area contributed by atoms with E-state index in [1.54, 1.807) is 0 Å². The quantitative estimate of drug-likeness (QED) is 0.782. The molecule has 0 saturated carbocycles. The van der Waals surface area contributed by atoms with Gasteiger partial charge in [-0.15, -0.1) is 12.4 Å². The summed E-state index contributed by atoms with van der Waals surface area (Å²) in [4.78, 5) is 12.1. The van der Waals surface area contributed by atoms with E-state index in [2.05, 4.69) is 34.9 Å². The van der Waals surface area contributed by atoms with E-state index in [-0.39, 0.29) is 30.3 Å². The molecular formula is C17H25ClN2O2. The summed E-state index contributed by atoms with van der Waals surface area (Å²) in [7, 11) is 0. The Balaban J connectivity index is 0.00000176. The first-order chi connectivity index (χ1) is 10.2. The highest BCUT2D eigenvalue weighted by atomic mass is 35.5. The second-order valence-corrected chi connectivity index (χ2v) is 6.37. The molecule has 1 aromatic rings. The number of fused-ring (bicyclic) bond motifs is 1. The molecule has 1 fully saturated rings. The smallest absolute Gasteiger partial charge is 0.220 e. The summed E-state index contributed by atoms with van der Waals surface area (Å²) in [5.41, 5.74) is 2.84. The topological polar surface area (TPSA) is 61.4 Å². The van der Waals surface area contributed by atoms with Crippen molar-refractivity contribution in [2.45, 2.75) is 31.8 Å². The molecule has 0 bridgehead atoms. The molecule has 22 heavy (non-hydrogen) atoms. The Bertz CT molecular complexity index is 509. The zero-order valence-electron chi connectivity index (χ0n) is 12.8. The molecule has 1 heterocycles. The van der Waals surface area contributed by atoms with E-state index in [1.807, 2.05) is 0 Å². The molecule has 5 heteroatoms. The fourth-order valence-corrected chi connectivity index (χ4v) is 3.45. The van der Waals surface area contributed by atoms with Crippen LogP contribution < -0.4 is 10.6 Å². The van der Waals surface area contributed by atoms with Gasteiger partial charge in [0.2, 0.25) is 5.91 Å². The largest absolute Gasteiger partial charge is 0.391 e. The molecule has 2 aliphatic rings. The molecule has 3 rings (SSSR count). The van der Waals surface area contributed by atoms with Crippen molar-refractivity contribution in [1.29, 1.82) is 0 Å². The van der Waals surface area contributed by atoms with Crippen molar-refractivity contribution in [3.05, 3.63) is 35.4 Å². The van der Waals surface area contributed by atoms with Crippen LogP contribution in [0, 0.1) is 11.8 Å². The molecule has 0 aromatic heterocycles. The van der Waals surface area contributed by atoms with Crippen LogP contribution in [0.3, 0.4) is 0 Å². The van der Waals surface area contributed by atoms with Crippen LogP contribution in [0.1, 0.15) is 24.0 Å². The third-order valence-corrected chi connectivity index (χ3v) is 4.79. The molecular weight excluding hydrogens is 300 g/mol. The lowest BCUT2D eigenvalue weighted by molar-refractivity contribution is -0.122. The number of rotatable bonds is 4. The Hall–Kier alpha value is -1.10. The molecule has 122 valence electrons. The zero-order valence-corrected chi connectivity index (χ0v) is 13.6. The van der Waals surface area contributed by atoms with Crippen LogP contribution in [0.4, 0.5) is 0 Å². The summed E-state index contributed by atoms with van der Waals surface area (Å²) >= 11 is 0. The minimum atomic E-state index is -0.327. The lowest BCUT2D eigenvalue weighted by Gasteiger charge is -2.24. The average molecular weight is 325 g/mol. The van der Waals surface area contributed by atoms with Gasteiger partial charge in [-0.2, -0.15) is 0 Å². The average Bonchev–Trinajstić information content (AvgIpc) is 2.90. The Labute approximate surface area is 138 Å². The van der Waals surface area contributed by atoms with Gasteiger partial charge in [0.1, 0.15) is 0 Å². The Morgan fingerprint density at radius 2 is 2.05 bits per heavy atom. The van der Waals surface area contributed by atoms with E-state index in [9.17, 15) is 9.90 Å². The van der Waals surface area contributed by atoms with Crippen LogP contribution >= 0.6 is 12.4 Å². The first-order valence-electron chi connectivity index (χ1n) is 7.94. The number of nitrogens with one attached hydrogen (secondary N) is 2. The first kappa shape index (κ1) is 17.3. The van der Waals surface area contributed by atoms with Crippen LogP contribution in [-0.2, 0) is 17.6 Å². The van der Waals surface area contributed by atoms with Crippen LogP contribution in [-0.4, -0.2) is 36.8 Å². The molecule has 3 atom stereocenters. The van der Waals surface area contributed by atoms with E-state index >= 15 is 0 Å². The molecule has 0 spiro atoms. The van der Waals surface area contributed by atoms with E-state index in [0.29, 0.717) is 25.4 Å². The SMILES string of the molecule is Cl.O=C(CC1CCc2ccccc2C1)NCC1CNCC1O. The molecule has 1 aromatic carbocycles. The van der Waals surface area contributed by atoms with Crippen molar-refractivity contribution in [1.82, 2.24) is 10.6 Å². The van der Waals surface area contributed by atoms with Crippen LogP contribution in [0.15, 0.2) is 24.3 Å². The minimum Gasteiger partial charge on any atom is -0.391 e. The maximum Gasteiger partial charge on any atom is 0.220 e. The van der Waals surface area contributed by atoms with E-state index in [4.69, 9.17) is 0 Å². The van der Waals surface area contributed by atoms with Crippen molar-refractivity contribution >= 4 is 18.3 Å². The summed E-state index contributed by atoms with van der Waals surface area (Å²) in [6, 6.07) is 8.54. The highest BCUT2D eigenvalue weighted by Crippen LogP contribution is 2.27. The predicted molar refractivity (Wildman–Crippen MR) is 89.2 cm³/mol. The Morgan fingerprint density at radius 3 is 2.77 bits per heavy atom. The number of hydrogen-bond acceptors (Lipinski definition) is 3. The van der Waals surface area contributed by atoms with Gasteiger partial charge in [0, 0.05) is 32.0 Å². The van der Waals surface area contributed by atoms with Crippen molar-refractivity contribution in [2.75, 3.05) is 19.6 Å². The number of aryl methyl sites for hydroxylation is 1. The summed E-state index contributed by atoms with van der Waals surface area (Å²) in [6.07, 6.45) is 3.46. The number of aliphatic hydroxyl groups is 1. The van der Waals surface area contributed by atoms with Crippen molar-refractivity contribution in [3.63, 3.8) is 0 Å². The molecule has 1 aliphatic carbocycles. The lowest BCUT2D eigenvalue weighted by Crippen LogP contribution is -2.35. The van der Waals surface area contributed by atoms with Crippen LogP contribution in [0.5, 0.6) is 0 Å². The van der Waals surface area contributed by atoms with Gasteiger partial charge in [0.05, 0.1) is 6.10 Å². The molecule has 1 aliphatic heterocycles. The standard InChI is InChI=1S/C17H24N2O2.ClH/c20-16-11-18-9-15(16)10-19-17(21)8-12-5-6-13-3-1-2-4-14(13)7-12;/h1-4,12,15-16,18,20H,5-11H2,(H,19,21);1H. The molecule has 0 radical (unpaired) electrons. The van der Waals surface area contributed by atoms with Gasteiger partial charge in [-0.3, -0.25) is 4.79 Å². The number of β-amino-alcohol motifs (C(OH)–C–C–N with tert-alkyl or cyclic N) is 1. The maximum atomic E-state index is 12.1. The number of carbonyl (C=O) groups excluding carboxylic acids is 1. The zero-order chi connectivity index (χ0) is 14.7. The summed E-state index contributed by atoms with van der Waals surface area (Å²) in [5, 5.41) is 15.8. The predicted octanol–water partition coefficient (Wildman–Crippen LogP) is 1.30. The Kier molecular flexibility index (Phi) is 6.24. The lowest BCUT2D eigenvalue weighted by atomic mass is 9.82. The molecule has 3 unspecified atom stereocenters. The number of hydrogen-bond donors (Lipinski definition) is 3. The van der Waals surface area contributed by atoms with E-state index in [0.717, 1.165) is 25.8 Å². The van der Waals surface area contributed by atoms with Gasteiger partial charge in [-0.1, -0.05) is 24.3 Å². The van der Waals surface area contributed by atoms with Gasteiger partial charge >= 0.3 is 0 Å². The van der Waals surface area contributed by atoms with Gasteiger partial charge in [0.15, 0.2) is 0 Å². The van der Waals surface area contributed by atoms with Gasteiger partial charge in [0.25, 0.3) is 0 Å². The van der Waals surface area contributed by atoms with Crippen molar-refractivity contribution < 1.29 is 9.90 Å². The van der Waals surface area contributed by atoms with E-state index < -0.39 is 0 Å². The summed E-state index contributed by atoms with van der Waals surface area (Å²) in [6.45, 7) is 2.01. The van der Waals surface area contributed by atoms with Gasteiger partial charge in [-0.05, 0) is 36.3 Å². The molecule has 3 N–H and O–H groups in total. The van der Waals surface area contributed by atoms with Gasteiger partial charge in [-0.25, -0.2) is 0 Å². The van der Waals surface area contributed by atoms with Crippen LogP contribution in [0.25, 0.3) is 0 Å². The highest BCUT2D eigenvalue weighted by molar-refractivity contribution is 5.85. The summed E-state index contributed by atoms with van der Waals surface area (Å²) < 4.78 is 0. The number of amides is 1. The third kappa shape index (κ3) is 4.22. The minimum absolute atomic E-state index is 0. The number of aliphatic hydroxyl groups excluding tert-OH is 1. The highest BCUT2D eigenvalue weighted by Gasteiger charge is 2.26.